The molecule has 1 aromatic carbocycles. The van der Waals surface area contributed by atoms with Gasteiger partial charge < -0.3 is 0 Å². The van der Waals surface area contributed by atoms with Crippen LogP contribution < -0.4 is 4.57 Å². The number of rotatable bonds is 3. The van der Waals surface area contributed by atoms with E-state index >= 15 is 0 Å². The van der Waals surface area contributed by atoms with E-state index in [0.717, 1.165) is 12.1 Å². The first-order valence-electron chi connectivity index (χ1n) is 4.99. The van der Waals surface area contributed by atoms with E-state index in [2.05, 4.69) is 0 Å². The Hall–Kier alpha value is -2.83. The molecule has 7 heteroatoms. The van der Waals surface area contributed by atoms with Crippen molar-refractivity contribution >= 4 is 11.4 Å². The van der Waals surface area contributed by atoms with Crippen molar-refractivity contribution in [3.63, 3.8) is 0 Å². The quantitative estimate of drug-likeness (QED) is 0.469. The van der Waals surface area contributed by atoms with Crippen molar-refractivity contribution in [2.75, 3.05) is 0 Å². The lowest BCUT2D eigenvalue weighted by molar-refractivity contribution is -0.601. The second-order valence-corrected chi connectivity index (χ2v) is 3.47. The third-order valence-electron chi connectivity index (χ3n) is 2.36. The zero-order chi connectivity index (χ0) is 13.1. The molecule has 1 aromatic heterocycles. The summed E-state index contributed by atoms with van der Waals surface area (Å²) in [6.45, 7) is 0. The Bertz CT molecular complexity index is 613. The number of non-ortho nitro benzene ring substituents is 1. The van der Waals surface area contributed by atoms with Crippen LogP contribution in [-0.4, -0.2) is 9.85 Å². The van der Waals surface area contributed by atoms with Crippen LogP contribution in [0.25, 0.3) is 5.69 Å². The van der Waals surface area contributed by atoms with Gasteiger partial charge in [-0.05, 0) is 0 Å². The van der Waals surface area contributed by atoms with E-state index in [4.69, 9.17) is 0 Å². The molecule has 0 aliphatic heterocycles. The topological polar surface area (TPSA) is 90.2 Å². The standard InChI is InChI=1S/C11H8N3O4/c15-13(16)9-4-5-10(14(17)18)11(8-9)12-6-2-1-3-7-12/h1-8H/q+1. The van der Waals surface area contributed by atoms with E-state index in [9.17, 15) is 20.2 Å². The van der Waals surface area contributed by atoms with E-state index < -0.39 is 9.85 Å². The van der Waals surface area contributed by atoms with Crippen LogP contribution in [0.1, 0.15) is 0 Å². The number of hydrogen-bond acceptors (Lipinski definition) is 4. The van der Waals surface area contributed by atoms with Crippen molar-refractivity contribution in [1.82, 2.24) is 0 Å². The van der Waals surface area contributed by atoms with Crippen LogP contribution in [0.3, 0.4) is 0 Å². The Morgan fingerprint density at radius 2 is 1.61 bits per heavy atom. The summed E-state index contributed by atoms with van der Waals surface area (Å²) < 4.78 is 1.46. The average molecular weight is 246 g/mol. The normalized spacial score (nSPS) is 10.0. The summed E-state index contributed by atoms with van der Waals surface area (Å²) in [4.78, 5) is 20.4. The molecule has 0 atom stereocenters. The van der Waals surface area contributed by atoms with Gasteiger partial charge in [-0.25, -0.2) is 0 Å². The lowest BCUT2D eigenvalue weighted by atomic mass is 10.2. The van der Waals surface area contributed by atoms with Gasteiger partial charge in [-0.3, -0.25) is 20.2 Å². The molecule has 0 saturated carbocycles. The Morgan fingerprint density at radius 1 is 0.944 bits per heavy atom. The van der Waals surface area contributed by atoms with Crippen molar-refractivity contribution in [3.8, 4) is 5.69 Å². The highest BCUT2D eigenvalue weighted by Crippen LogP contribution is 2.23. The summed E-state index contributed by atoms with van der Waals surface area (Å²) in [5.41, 5.74) is -0.210. The minimum atomic E-state index is -0.587. The number of aromatic nitrogens is 1. The molecule has 1 heterocycles. The van der Waals surface area contributed by atoms with E-state index in [0.29, 0.717) is 0 Å². The van der Waals surface area contributed by atoms with Gasteiger partial charge in [0.25, 0.3) is 11.4 Å². The third-order valence-corrected chi connectivity index (χ3v) is 2.36. The SMILES string of the molecule is O=[N+]([O-])c1ccc([N+](=O)[O-])c(-[n+]2ccccc2)c1. The highest BCUT2D eigenvalue weighted by atomic mass is 16.6. The smallest absolute Gasteiger partial charge is 0.258 e. The van der Waals surface area contributed by atoms with Crippen molar-refractivity contribution in [1.29, 1.82) is 0 Å². The summed E-state index contributed by atoms with van der Waals surface area (Å²) in [5, 5.41) is 21.6. The number of pyridine rings is 1. The van der Waals surface area contributed by atoms with E-state index in [1.165, 1.54) is 10.6 Å². The number of nitro groups is 2. The van der Waals surface area contributed by atoms with Gasteiger partial charge in [0.15, 0.2) is 12.4 Å². The van der Waals surface area contributed by atoms with Gasteiger partial charge in [-0.2, -0.15) is 4.57 Å². The number of nitrogens with zero attached hydrogens (tertiary/aromatic N) is 3. The number of nitro benzene ring substituents is 2. The Kier molecular flexibility index (Phi) is 2.96. The summed E-state index contributed by atoms with van der Waals surface area (Å²) in [6.07, 6.45) is 3.18. The maximum Gasteiger partial charge on any atom is 0.340 e. The van der Waals surface area contributed by atoms with E-state index in [1.807, 2.05) is 0 Å². The van der Waals surface area contributed by atoms with Crippen molar-refractivity contribution < 1.29 is 14.4 Å². The number of benzene rings is 1. The molecule has 18 heavy (non-hydrogen) atoms. The molecule has 0 fully saturated rings. The summed E-state index contributed by atoms with van der Waals surface area (Å²) >= 11 is 0. The van der Waals surface area contributed by atoms with Crippen LogP contribution in [0.4, 0.5) is 11.4 Å². The first-order chi connectivity index (χ1) is 8.59. The molecule has 2 aromatic rings. The van der Waals surface area contributed by atoms with Crippen LogP contribution in [0, 0.1) is 20.2 Å². The van der Waals surface area contributed by atoms with Gasteiger partial charge in [0.05, 0.1) is 15.9 Å². The monoisotopic (exact) mass is 246 g/mol. The van der Waals surface area contributed by atoms with Crippen LogP contribution in [0.5, 0.6) is 0 Å². The largest absolute Gasteiger partial charge is 0.340 e. The summed E-state index contributed by atoms with van der Waals surface area (Å²) in [7, 11) is 0. The van der Waals surface area contributed by atoms with Gasteiger partial charge in [0.2, 0.25) is 0 Å². The summed E-state index contributed by atoms with van der Waals surface area (Å²) in [6, 6.07) is 8.54. The number of hydrogen-bond donors (Lipinski definition) is 0. The molecule has 0 spiro atoms. The van der Waals surface area contributed by atoms with Crippen molar-refractivity contribution in [2.24, 2.45) is 0 Å². The average Bonchev–Trinajstić information content (AvgIpc) is 2.39. The van der Waals surface area contributed by atoms with Gasteiger partial charge in [0, 0.05) is 24.3 Å². The highest BCUT2D eigenvalue weighted by Gasteiger charge is 2.25. The Morgan fingerprint density at radius 3 is 2.17 bits per heavy atom. The molecule has 90 valence electrons. The lowest BCUT2D eigenvalue weighted by Crippen LogP contribution is -2.30. The molecule has 0 N–H and O–H groups in total. The molecule has 0 aliphatic carbocycles. The fourth-order valence-electron chi connectivity index (χ4n) is 1.55. The molecule has 0 aliphatic rings. The molecule has 7 nitrogen and oxygen atoms in total. The van der Waals surface area contributed by atoms with Crippen molar-refractivity contribution in [2.45, 2.75) is 0 Å². The molecule has 2 rings (SSSR count). The maximum absolute atomic E-state index is 10.9. The third kappa shape index (κ3) is 2.14. The molecule has 0 saturated heterocycles. The Balaban J connectivity index is 2.65. The predicted octanol–water partition coefficient (Wildman–Crippen LogP) is 1.78. The molecule has 0 unspecified atom stereocenters. The minimum absolute atomic E-state index is 0.162. The molecular formula is C11H8N3O4+. The predicted molar refractivity (Wildman–Crippen MR) is 61.3 cm³/mol. The molecular weight excluding hydrogens is 238 g/mol. The second-order valence-electron chi connectivity index (χ2n) is 3.47. The molecule has 0 amide bonds. The first-order valence-corrected chi connectivity index (χ1v) is 4.99. The zero-order valence-corrected chi connectivity index (χ0v) is 9.09. The molecule has 0 bridgehead atoms. The van der Waals surface area contributed by atoms with Gasteiger partial charge in [-0.1, -0.05) is 6.07 Å². The van der Waals surface area contributed by atoms with E-state index in [-0.39, 0.29) is 17.1 Å². The van der Waals surface area contributed by atoms with Gasteiger partial charge in [0.1, 0.15) is 0 Å². The lowest BCUT2D eigenvalue weighted by Gasteiger charge is -1.97. The maximum atomic E-state index is 10.9. The molecule has 0 radical (unpaired) electrons. The van der Waals surface area contributed by atoms with Crippen molar-refractivity contribution in [3.05, 3.63) is 69.0 Å². The van der Waals surface area contributed by atoms with Gasteiger partial charge >= 0.3 is 5.69 Å². The Labute approximate surface area is 101 Å². The fourth-order valence-corrected chi connectivity index (χ4v) is 1.55. The second kappa shape index (κ2) is 4.58. The van der Waals surface area contributed by atoms with Crippen LogP contribution in [0.2, 0.25) is 0 Å². The van der Waals surface area contributed by atoms with Gasteiger partial charge in [-0.15, -0.1) is 0 Å². The fraction of sp³-hybridized carbons (Fsp3) is 0. The minimum Gasteiger partial charge on any atom is -0.258 e. The summed E-state index contributed by atoms with van der Waals surface area (Å²) in [5.74, 6) is 0. The first kappa shape index (κ1) is 11.6. The highest BCUT2D eigenvalue weighted by molar-refractivity contribution is 5.53. The zero-order valence-electron chi connectivity index (χ0n) is 9.09. The van der Waals surface area contributed by atoms with Crippen LogP contribution in [0.15, 0.2) is 48.8 Å². The van der Waals surface area contributed by atoms with Crippen LogP contribution in [-0.2, 0) is 0 Å². The van der Waals surface area contributed by atoms with E-state index in [1.54, 1.807) is 30.6 Å². The van der Waals surface area contributed by atoms with Crippen LogP contribution >= 0.6 is 0 Å².